The number of nitrogens with one attached hydrogen (secondary N) is 1. The molecule has 2 aromatic rings. The standard InChI is InChI=1S/C14H20BrN5O2S/c1-20-14(17-18-19-20)23-6-4-5-16-9-10-7-12(21-2)13(22-3)8-11(10)15/h7-8,16H,4-6,9H2,1-3H3. The Bertz CT molecular complexity index is 638. The molecule has 7 nitrogen and oxygen atoms in total. The molecule has 9 heteroatoms. The lowest BCUT2D eigenvalue weighted by atomic mass is 10.2. The molecule has 0 spiro atoms. The maximum atomic E-state index is 5.33. The molecule has 0 unspecified atom stereocenters. The van der Waals surface area contributed by atoms with Crippen LogP contribution >= 0.6 is 27.7 Å². The maximum absolute atomic E-state index is 5.33. The van der Waals surface area contributed by atoms with Gasteiger partial charge in [-0.25, -0.2) is 4.68 Å². The lowest BCUT2D eigenvalue weighted by Gasteiger charge is -2.12. The molecule has 1 N–H and O–H groups in total. The summed E-state index contributed by atoms with van der Waals surface area (Å²) in [5.74, 6) is 2.42. The Morgan fingerprint density at radius 3 is 2.65 bits per heavy atom. The number of nitrogens with zero attached hydrogens (tertiary/aromatic N) is 4. The molecule has 0 fully saturated rings. The zero-order valence-corrected chi connectivity index (χ0v) is 15.8. The third kappa shape index (κ3) is 5.08. The molecule has 0 aliphatic rings. The molecule has 1 heterocycles. The van der Waals surface area contributed by atoms with Gasteiger partial charge in [-0.1, -0.05) is 27.7 Å². The van der Waals surface area contributed by atoms with Gasteiger partial charge >= 0.3 is 0 Å². The molecule has 23 heavy (non-hydrogen) atoms. The summed E-state index contributed by atoms with van der Waals surface area (Å²) in [5, 5.41) is 15.6. The minimum Gasteiger partial charge on any atom is -0.493 e. The summed E-state index contributed by atoms with van der Waals surface area (Å²) in [6.45, 7) is 1.68. The van der Waals surface area contributed by atoms with Crippen molar-refractivity contribution in [2.45, 2.75) is 18.1 Å². The lowest BCUT2D eigenvalue weighted by molar-refractivity contribution is 0.354. The SMILES string of the molecule is COc1cc(Br)c(CNCCCSc2nnnn2C)cc1OC. The third-order valence-electron chi connectivity index (χ3n) is 3.18. The van der Waals surface area contributed by atoms with Crippen LogP contribution in [-0.4, -0.2) is 46.7 Å². The molecule has 0 aliphatic heterocycles. The molecule has 0 amide bonds. The molecule has 126 valence electrons. The average Bonchev–Trinajstić information content (AvgIpc) is 2.96. The number of rotatable bonds is 9. The van der Waals surface area contributed by atoms with Crippen molar-refractivity contribution < 1.29 is 9.47 Å². The van der Waals surface area contributed by atoms with E-state index in [-0.39, 0.29) is 0 Å². The molecule has 0 atom stereocenters. The summed E-state index contributed by atoms with van der Waals surface area (Å²) in [6.07, 6.45) is 1.03. The summed E-state index contributed by atoms with van der Waals surface area (Å²) in [5.41, 5.74) is 1.13. The van der Waals surface area contributed by atoms with Gasteiger partial charge in [-0.05, 0) is 41.1 Å². The van der Waals surface area contributed by atoms with Gasteiger partial charge in [-0.2, -0.15) is 0 Å². The molecule has 1 aromatic carbocycles. The number of benzene rings is 1. The second-order valence-electron chi connectivity index (χ2n) is 4.76. The fourth-order valence-corrected chi connectivity index (χ4v) is 3.21. The van der Waals surface area contributed by atoms with Crippen LogP contribution in [-0.2, 0) is 13.6 Å². The van der Waals surface area contributed by atoms with Gasteiger partial charge < -0.3 is 14.8 Å². The first-order valence-electron chi connectivity index (χ1n) is 7.12. The Morgan fingerprint density at radius 1 is 1.26 bits per heavy atom. The van der Waals surface area contributed by atoms with Crippen LogP contribution in [0, 0.1) is 0 Å². The van der Waals surface area contributed by atoms with E-state index >= 15 is 0 Å². The number of methoxy groups -OCH3 is 2. The van der Waals surface area contributed by atoms with Gasteiger partial charge in [0.15, 0.2) is 11.5 Å². The van der Waals surface area contributed by atoms with Crippen molar-refractivity contribution in [1.29, 1.82) is 0 Å². The normalized spacial score (nSPS) is 10.8. The van der Waals surface area contributed by atoms with Gasteiger partial charge in [0.05, 0.1) is 14.2 Å². The van der Waals surface area contributed by atoms with Gasteiger partial charge in [-0.3, -0.25) is 0 Å². The Morgan fingerprint density at radius 2 is 2.00 bits per heavy atom. The maximum Gasteiger partial charge on any atom is 0.209 e. The Balaban J connectivity index is 1.75. The van der Waals surface area contributed by atoms with Crippen LogP contribution in [0.2, 0.25) is 0 Å². The Kier molecular flexibility index (Phi) is 7.13. The highest BCUT2D eigenvalue weighted by Gasteiger charge is 2.09. The zero-order chi connectivity index (χ0) is 16.7. The highest BCUT2D eigenvalue weighted by molar-refractivity contribution is 9.10. The number of aryl methyl sites for hydroxylation is 1. The van der Waals surface area contributed by atoms with E-state index in [1.807, 2.05) is 19.2 Å². The number of halogens is 1. The second-order valence-corrected chi connectivity index (χ2v) is 6.68. The fourth-order valence-electron chi connectivity index (χ4n) is 1.96. The number of aromatic nitrogens is 4. The highest BCUT2D eigenvalue weighted by atomic mass is 79.9. The summed E-state index contributed by atoms with van der Waals surface area (Å²) in [7, 11) is 5.11. The van der Waals surface area contributed by atoms with Crippen molar-refractivity contribution in [2.75, 3.05) is 26.5 Å². The monoisotopic (exact) mass is 401 g/mol. The van der Waals surface area contributed by atoms with Crippen LogP contribution in [0.15, 0.2) is 21.8 Å². The molecule has 0 bridgehead atoms. The fraction of sp³-hybridized carbons (Fsp3) is 0.500. The predicted molar refractivity (Wildman–Crippen MR) is 93.1 cm³/mol. The highest BCUT2D eigenvalue weighted by Crippen LogP contribution is 2.33. The molecule has 1 aromatic heterocycles. The van der Waals surface area contributed by atoms with Crippen molar-refractivity contribution in [1.82, 2.24) is 25.5 Å². The number of tetrazole rings is 1. The molecular formula is C14H20BrN5O2S. The topological polar surface area (TPSA) is 74.1 Å². The predicted octanol–water partition coefficient (Wildman–Crippen LogP) is 2.26. The van der Waals surface area contributed by atoms with Crippen molar-refractivity contribution in [3.8, 4) is 11.5 Å². The summed E-state index contributed by atoms with van der Waals surface area (Å²) < 4.78 is 13.3. The Labute approximate surface area is 148 Å². The molecular weight excluding hydrogens is 382 g/mol. The number of hydrogen-bond donors (Lipinski definition) is 1. The first-order valence-corrected chi connectivity index (χ1v) is 8.89. The zero-order valence-electron chi connectivity index (χ0n) is 13.4. The van der Waals surface area contributed by atoms with E-state index in [0.29, 0.717) is 0 Å². The molecule has 2 rings (SSSR count). The molecule has 0 radical (unpaired) electrons. The van der Waals surface area contributed by atoms with Gasteiger partial charge in [0.2, 0.25) is 5.16 Å². The Hall–Kier alpha value is -1.32. The molecule has 0 aliphatic carbocycles. The van der Waals surface area contributed by atoms with Crippen LogP contribution in [0.1, 0.15) is 12.0 Å². The van der Waals surface area contributed by atoms with Crippen molar-refractivity contribution >= 4 is 27.7 Å². The smallest absolute Gasteiger partial charge is 0.209 e. The van der Waals surface area contributed by atoms with Crippen LogP contribution in [0.3, 0.4) is 0 Å². The van der Waals surface area contributed by atoms with Crippen molar-refractivity contribution in [3.05, 3.63) is 22.2 Å². The van der Waals surface area contributed by atoms with E-state index in [4.69, 9.17) is 9.47 Å². The van der Waals surface area contributed by atoms with Gasteiger partial charge in [0, 0.05) is 23.8 Å². The summed E-state index contributed by atoms with van der Waals surface area (Å²) in [4.78, 5) is 0. The van der Waals surface area contributed by atoms with Crippen LogP contribution < -0.4 is 14.8 Å². The van der Waals surface area contributed by atoms with E-state index in [0.717, 1.165) is 52.0 Å². The van der Waals surface area contributed by atoms with Crippen LogP contribution in [0.5, 0.6) is 11.5 Å². The third-order valence-corrected chi connectivity index (χ3v) is 5.01. The van der Waals surface area contributed by atoms with Gasteiger partial charge in [-0.15, -0.1) is 5.10 Å². The minimum atomic E-state index is 0.719. The molecule has 0 saturated carbocycles. The van der Waals surface area contributed by atoms with E-state index in [9.17, 15) is 0 Å². The first-order chi connectivity index (χ1) is 11.2. The quantitative estimate of drug-likeness (QED) is 0.510. The first kappa shape index (κ1) is 18.0. The van der Waals surface area contributed by atoms with Gasteiger partial charge in [0.1, 0.15) is 0 Å². The lowest BCUT2D eigenvalue weighted by Crippen LogP contribution is -2.16. The summed E-state index contributed by atoms with van der Waals surface area (Å²) >= 11 is 5.22. The van der Waals surface area contributed by atoms with E-state index < -0.39 is 0 Å². The number of hydrogen-bond acceptors (Lipinski definition) is 7. The van der Waals surface area contributed by atoms with Crippen LogP contribution in [0.25, 0.3) is 0 Å². The second kappa shape index (κ2) is 9.09. The van der Waals surface area contributed by atoms with Crippen molar-refractivity contribution in [2.24, 2.45) is 7.05 Å². The summed E-state index contributed by atoms with van der Waals surface area (Å²) in [6, 6.07) is 3.91. The van der Waals surface area contributed by atoms with Crippen molar-refractivity contribution in [3.63, 3.8) is 0 Å². The minimum absolute atomic E-state index is 0.719. The van der Waals surface area contributed by atoms with E-state index in [2.05, 4.69) is 36.8 Å². The van der Waals surface area contributed by atoms with E-state index in [1.165, 1.54) is 0 Å². The van der Waals surface area contributed by atoms with Crippen LogP contribution in [0.4, 0.5) is 0 Å². The number of thioether (sulfide) groups is 1. The molecule has 0 saturated heterocycles. The van der Waals surface area contributed by atoms with Gasteiger partial charge in [0.25, 0.3) is 0 Å². The largest absolute Gasteiger partial charge is 0.493 e. The van der Waals surface area contributed by atoms with E-state index in [1.54, 1.807) is 30.7 Å². The number of ether oxygens (including phenoxy) is 2. The average molecular weight is 402 g/mol.